The molecule has 1 N–H and O–H groups in total. The van der Waals surface area contributed by atoms with E-state index in [2.05, 4.69) is 22.3 Å². The van der Waals surface area contributed by atoms with Gasteiger partial charge in [-0.3, -0.25) is 14.9 Å². The molecule has 2 aromatic carbocycles. The van der Waals surface area contributed by atoms with Crippen LogP contribution >= 0.6 is 0 Å². The minimum atomic E-state index is -0.468. The van der Waals surface area contributed by atoms with Crippen LogP contribution in [0.3, 0.4) is 0 Å². The van der Waals surface area contributed by atoms with Gasteiger partial charge in [-0.2, -0.15) is 0 Å². The number of hydrogen-bond donors (Lipinski definition) is 1. The largest absolute Gasteiger partial charge is 0.372 e. The monoisotopic (exact) mass is 370 g/mol. The number of carbonyl (C=O) groups is 1. The maximum atomic E-state index is 12.3. The third-order valence-electron chi connectivity index (χ3n) is 4.21. The Morgan fingerprint density at radius 1 is 1.11 bits per heavy atom. The number of nitrogens with one attached hydrogen (secondary N) is 1. The van der Waals surface area contributed by atoms with Crippen molar-refractivity contribution in [2.75, 3.05) is 39.1 Å². The van der Waals surface area contributed by atoms with Crippen LogP contribution in [0.25, 0.3) is 0 Å². The van der Waals surface area contributed by atoms with Crippen LogP contribution in [0.2, 0.25) is 0 Å². The SMILES string of the molecule is CN(CCCNC(=O)c1ccc(N(C)C)c([N+](=O)[O-])c1)Cc1ccccc1. The molecule has 0 unspecified atom stereocenters. The highest BCUT2D eigenvalue weighted by Crippen LogP contribution is 2.27. The van der Waals surface area contributed by atoms with E-state index in [9.17, 15) is 14.9 Å². The average molecular weight is 370 g/mol. The fourth-order valence-electron chi connectivity index (χ4n) is 2.82. The first-order valence-electron chi connectivity index (χ1n) is 8.85. The Labute approximate surface area is 159 Å². The fourth-order valence-corrected chi connectivity index (χ4v) is 2.82. The van der Waals surface area contributed by atoms with Gasteiger partial charge in [0.25, 0.3) is 11.6 Å². The molecule has 0 fully saturated rings. The highest BCUT2D eigenvalue weighted by Gasteiger charge is 2.18. The maximum Gasteiger partial charge on any atom is 0.293 e. The number of hydrogen-bond acceptors (Lipinski definition) is 5. The van der Waals surface area contributed by atoms with Crippen LogP contribution in [0, 0.1) is 10.1 Å². The summed E-state index contributed by atoms with van der Waals surface area (Å²) in [6, 6.07) is 14.7. The zero-order valence-electron chi connectivity index (χ0n) is 16.0. The van der Waals surface area contributed by atoms with E-state index in [-0.39, 0.29) is 11.6 Å². The molecule has 7 nitrogen and oxygen atoms in total. The molecule has 0 saturated carbocycles. The van der Waals surface area contributed by atoms with Crippen LogP contribution in [-0.2, 0) is 6.54 Å². The summed E-state index contributed by atoms with van der Waals surface area (Å²) in [7, 11) is 5.50. The Hall–Kier alpha value is -2.93. The van der Waals surface area contributed by atoms with Gasteiger partial charge in [-0.05, 0) is 37.7 Å². The van der Waals surface area contributed by atoms with Crippen molar-refractivity contribution in [1.29, 1.82) is 0 Å². The molecule has 0 bridgehead atoms. The topological polar surface area (TPSA) is 78.7 Å². The summed E-state index contributed by atoms with van der Waals surface area (Å²) in [4.78, 5) is 26.9. The van der Waals surface area contributed by atoms with E-state index in [4.69, 9.17) is 0 Å². The van der Waals surface area contributed by atoms with E-state index in [0.29, 0.717) is 17.8 Å². The number of nitro benzene ring substituents is 1. The van der Waals surface area contributed by atoms with E-state index in [0.717, 1.165) is 19.5 Å². The summed E-state index contributed by atoms with van der Waals surface area (Å²) in [5, 5.41) is 14.1. The van der Waals surface area contributed by atoms with Crippen molar-refractivity contribution in [2.45, 2.75) is 13.0 Å². The number of anilines is 1. The normalized spacial score (nSPS) is 10.7. The van der Waals surface area contributed by atoms with Crippen molar-refractivity contribution in [1.82, 2.24) is 10.2 Å². The van der Waals surface area contributed by atoms with Gasteiger partial charge in [0.1, 0.15) is 5.69 Å². The van der Waals surface area contributed by atoms with Gasteiger partial charge in [0.05, 0.1) is 4.92 Å². The molecule has 0 spiro atoms. The van der Waals surface area contributed by atoms with E-state index in [1.165, 1.54) is 11.6 Å². The lowest BCUT2D eigenvalue weighted by Gasteiger charge is -2.17. The molecule has 27 heavy (non-hydrogen) atoms. The van der Waals surface area contributed by atoms with E-state index >= 15 is 0 Å². The van der Waals surface area contributed by atoms with Gasteiger partial charge in [0, 0.05) is 38.8 Å². The molecule has 0 aliphatic heterocycles. The lowest BCUT2D eigenvalue weighted by Crippen LogP contribution is -2.28. The van der Waals surface area contributed by atoms with Gasteiger partial charge in [0.15, 0.2) is 0 Å². The summed E-state index contributed by atoms with van der Waals surface area (Å²) < 4.78 is 0. The Bertz CT molecular complexity index is 778. The average Bonchev–Trinajstić information content (AvgIpc) is 2.65. The lowest BCUT2D eigenvalue weighted by molar-refractivity contribution is -0.384. The van der Waals surface area contributed by atoms with Gasteiger partial charge in [-0.25, -0.2) is 0 Å². The van der Waals surface area contributed by atoms with Crippen LogP contribution < -0.4 is 10.2 Å². The molecule has 0 aliphatic carbocycles. The number of nitrogens with zero attached hydrogens (tertiary/aromatic N) is 3. The smallest absolute Gasteiger partial charge is 0.293 e. The van der Waals surface area contributed by atoms with E-state index in [1.807, 2.05) is 25.2 Å². The molecule has 1 amide bonds. The van der Waals surface area contributed by atoms with Crippen molar-refractivity contribution in [2.24, 2.45) is 0 Å². The molecular formula is C20H26N4O3. The third-order valence-corrected chi connectivity index (χ3v) is 4.21. The number of nitro groups is 1. The summed E-state index contributed by atoms with van der Waals surface area (Å²) in [6.45, 7) is 2.21. The van der Waals surface area contributed by atoms with Gasteiger partial charge >= 0.3 is 0 Å². The quantitative estimate of drug-likeness (QED) is 0.417. The molecule has 0 radical (unpaired) electrons. The first-order chi connectivity index (χ1) is 12.9. The Morgan fingerprint density at radius 2 is 1.81 bits per heavy atom. The molecule has 2 aromatic rings. The molecular weight excluding hydrogens is 344 g/mol. The minimum Gasteiger partial charge on any atom is -0.372 e. The Balaban J connectivity index is 1.83. The molecule has 2 rings (SSSR count). The maximum absolute atomic E-state index is 12.3. The zero-order valence-corrected chi connectivity index (χ0v) is 16.0. The van der Waals surface area contributed by atoms with Crippen molar-refractivity contribution in [3.63, 3.8) is 0 Å². The first kappa shape index (κ1) is 20.4. The van der Waals surface area contributed by atoms with Crippen molar-refractivity contribution < 1.29 is 9.72 Å². The predicted octanol–water partition coefficient (Wildman–Crippen LogP) is 2.91. The van der Waals surface area contributed by atoms with Crippen molar-refractivity contribution in [3.05, 3.63) is 69.8 Å². The van der Waals surface area contributed by atoms with E-state index in [1.54, 1.807) is 31.1 Å². The molecule has 144 valence electrons. The van der Waals surface area contributed by atoms with E-state index < -0.39 is 4.92 Å². The summed E-state index contributed by atoms with van der Waals surface area (Å²) >= 11 is 0. The highest BCUT2D eigenvalue weighted by atomic mass is 16.6. The van der Waals surface area contributed by atoms with Crippen LogP contribution in [0.15, 0.2) is 48.5 Å². The van der Waals surface area contributed by atoms with Crippen LogP contribution in [0.5, 0.6) is 0 Å². The minimum absolute atomic E-state index is 0.0738. The number of carbonyl (C=O) groups excluding carboxylic acids is 1. The first-order valence-corrected chi connectivity index (χ1v) is 8.85. The fraction of sp³-hybridized carbons (Fsp3) is 0.350. The summed E-state index contributed by atoms with van der Waals surface area (Å²) in [6.07, 6.45) is 0.799. The second kappa shape index (κ2) is 9.68. The second-order valence-corrected chi connectivity index (χ2v) is 6.69. The molecule has 0 heterocycles. The Morgan fingerprint density at radius 3 is 2.44 bits per heavy atom. The third kappa shape index (κ3) is 6.07. The summed E-state index contributed by atoms with van der Waals surface area (Å²) in [5.41, 5.74) is 1.94. The van der Waals surface area contributed by atoms with Crippen LogP contribution in [0.4, 0.5) is 11.4 Å². The molecule has 7 heteroatoms. The van der Waals surface area contributed by atoms with Crippen molar-refractivity contribution in [3.8, 4) is 0 Å². The van der Waals surface area contributed by atoms with Crippen molar-refractivity contribution >= 4 is 17.3 Å². The zero-order chi connectivity index (χ0) is 19.8. The Kier molecular flexibility index (Phi) is 7.31. The number of rotatable bonds is 9. The molecule has 0 aliphatic rings. The standard InChI is InChI=1S/C20H26N4O3/c1-22(2)18-11-10-17(14-19(18)24(26)27)20(25)21-12-7-13-23(3)15-16-8-5-4-6-9-16/h4-6,8-11,14H,7,12-13,15H2,1-3H3,(H,21,25). The molecule has 0 aromatic heterocycles. The van der Waals surface area contributed by atoms with Gasteiger partial charge in [0.2, 0.25) is 0 Å². The van der Waals surface area contributed by atoms with Gasteiger partial charge in [-0.15, -0.1) is 0 Å². The second-order valence-electron chi connectivity index (χ2n) is 6.69. The molecule has 0 atom stereocenters. The number of benzene rings is 2. The number of amides is 1. The predicted molar refractivity (Wildman–Crippen MR) is 107 cm³/mol. The summed E-state index contributed by atoms with van der Waals surface area (Å²) in [5.74, 6) is -0.297. The highest BCUT2D eigenvalue weighted by molar-refractivity contribution is 5.95. The van der Waals surface area contributed by atoms with Crippen LogP contribution in [0.1, 0.15) is 22.3 Å². The van der Waals surface area contributed by atoms with Crippen LogP contribution in [-0.4, -0.2) is 50.0 Å². The lowest BCUT2D eigenvalue weighted by atomic mass is 10.1. The molecule has 0 saturated heterocycles. The van der Waals surface area contributed by atoms with Gasteiger partial charge in [-0.1, -0.05) is 30.3 Å². The van der Waals surface area contributed by atoms with Gasteiger partial charge < -0.3 is 15.1 Å².